The lowest BCUT2D eigenvalue weighted by Crippen LogP contribution is -2.43. The molecular formula is C19H20N4O5. The van der Waals surface area contributed by atoms with Crippen LogP contribution in [0.1, 0.15) is 39.6 Å². The monoisotopic (exact) mass is 384 g/mol. The summed E-state index contributed by atoms with van der Waals surface area (Å²) in [5, 5.41) is 8.40. The van der Waals surface area contributed by atoms with Crippen molar-refractivity contribution < 1.29 is 24.2 Å². The highest BCUT2D eigenvalue weighted by molar-refractivity contribution is 6.00. The first-order chi connectivity index (χ1) is 13.3. The Morgan fingerprint density at radius 3 is 2.07 bits per heavy atom. The maximum atomic E-state index is 12.4. The molecule has 2 amide bonds. The Hall–Kier alpha value is -3.88. The van der Waals surface area contributed by atoms with E-state index in [0.717, 1.165) is 5.01 Å². The SMILES string of the molecule is CCC(=O)OOc1ccc(C(=O)NN(C)C(=O)c2ccc(C(=N)N)cc2)cc1. The lowest BCUT2D eigenvalue weighted by Gasteiger charge is -2.18. The standard InChI is InChI=1S/C19H20N4O5/c1-3-16(24)28-27-15-10-8-13(9-11-15)18(25)22-23(2)19(26)14-6-4-12(5-7-14)17(20)21/h4-11H,3H2,1-2H3,(H3,20,21)(H,22,25). The average molecular weight is 384 g/mol. The Kier molecular flexibility index (Phi) is 6.69. The molecule has 0 saturated carbocycles. The molecule has 2 aromatic carbocycles. The summed E-state index contributed by atoms with van der Waals surface area (Å²) in [6, 6.07) is 12.0. The molecule has 4 N–H and O–H groups in total. The van der Waals surface area contributed by atoms with Crippen LogP contribution in [0.2, 0.25) is 0 Å². The summed E-state index contributed by atoms with van der Waals surface area (Å²) >= 11 is 0. The van der Waals surface area contributed by atoms with Crippen molar-refractivity contribution in [3.63, 3.8) is 0 Å². The average Bonchev–Trinajstić information content (AvgIpc) is 2.71. The van der Waals surface area contributed by atoms with Gasteiger partial charge in [0.25, 0.3) is 11.8 Å². The van der Waals surface area contributed by atoms with Crippen LogP contribution in [-0.4, -0.2) is 35.7 Å². The van der Waals surface area contributed by atoms with Gasteiger partial charge in [0.2, 0.25) is 0 Å². The number of hydrogen-bond acceptors (Lipinski definition) is 6. The fraction of sp³-hybridized carbons (Fsp3) is 0.158. The third kappa shape index (κ3) is 5.31. The van der Waals surface area contributed by atoms with Crippen LogP contribution in [-0.2, 0) is 9.68 Å². The Morgan fingerprint density at radius 1 is 1.00 bits per heavy atom. The van der Waals surface area contributed by atoms with Crippen LogP contribution >= 0.6 is 0 Å². The van der Waals surface area contributed by atoms with Crippen molar-refractivity contribution in [1.29, 1.82) is 5.41 Å². The molecule has 0 bridgehead atoms. The molecule has 0 aliphatic rings. The van der Waals surface area contributed by atoms with Gasteiger partial charge in [-0.05, 0) is 36.4 Å². The van der Waals surface area contributed by atoms with Gasteiger partial charge in [-0.2, -0.15) is 0 Å². The smallest absolute Gasteiger partial charge is 0.355 e. The van der Waals surface area contributed by atoms with Gasteiger partial charge in [-0.1, -0.05) is 19.1 Å². The number of carbonyl (C=O) groups excluding carboxylic acids is 3. The maximum Gasteiger partial charge on any atom is 0.355 e. The molecule has 9 nitrogen and oxygen atoms in total. The molecule has 0 spiro atoms. The van der Waals surface area contributed by atoms with E-state index in [0.29, 0.717) is 11.1 Å². The molecule has 9 heteroatoms. The number of carbonyl (C=O) groups is 3. The first-order valence-corrected chi connectivity index (χ1v) is 8.32. The Labute approximate surface area is 161 Å². The summed E-state index contributed by atoms with van der Waals surface area (Å²) in [6.45, 7) is 1.63. The van der Waals surface area contributed by atoms with Crippen molar-refractivity contribution >= 4 is 23.6 Å². The van der Waals surface area contributed by atoms with Gasteiger partial charge in [0, 0.05) is 30.2 Å². The molecule has 0 radical (unpaired) electrons. The van der Waals surface area contributed by atoms with Gasteiger partial charge < -0.3 is 5.73 Å². The lowest BCUT2D eigenvalue weighted by atomic mass is 10.1. The third-order valence-electron chi connectivity index (χ3n) is 3.65. The normalized spacial score (nSPS) is 9.93. The van der Waals surface area contributed by atoms with Crippen LogP contribution in [0.3, 0.4) is 0 Å². The molecule has 28 heavy (non-hydrogen) atoms. The molecule has 0 aliphatic carbocycles. The number of nitrogens with zero attached hydrogens (tertiary/aromatic N) is 1. The molecule has 0 saturated heterocycles. The zero-order valence-electron chi connectivity index (χ0n) is 15.4. The predicted octanol–water partition coefficient (Wildman–Crippen LogP) is 1.63. The number of nitrogens with one attached hydrogen (secondary N) is 2. The van der Waals surface area contributed by atoms with Gasteiger partial charge in [-0.3, -0.25) is 35.2 Å². The summed E-state index contributed by atoms with van der Waals surface area (Å²) in [5.41, 5.74) is 8.94. The number of amides is 2. The lowest BCUT2D eigenvalue weighted by molar-refractivity contribution is -0.213. The van der Waals surface area contributed by atoms with Crippen LogP contribution in [0.15, 0.2) is 48.5 Å². The van der Waals surface area contributed by atoms with Gasteiger partial charge in [-0.15, -0.1) is 0 Å². The van der Waals surface area contributed by atoms with Crippen LogP contribution in [0.4, 0.5) is 0 Å². The van der Waals surface area contributed by atoms with E-state index in [4.69, 9.17) is 16.0 Å². The fourth-order valence-electron chi connectivity index (χ4n) is 2.07. The van der Waals surface area contributed by atoms with E-state index in [1.807, 2.05) is 0 Å². The zero-order chi connectivity index (χ0) is 20.7. The van der Waals surface area contributed by atoms with E-state index in [2.05, 4.69) is 10.3 Å². The second-order valence-corrected chi connectivity index (χ2v) is 5.71. The van der Waals surface area contributed by atoms with E-state index >= 15 is 0 Å². The van der Waals surface area contributed by atoms with E-state index < -0.39 is 17.8 Å². The van der Waals surface area contributed by atoms with Crippen LogP contribution in [0.5, 0.6) is 5.75 Å². The Bertz CT molecular complexity index is 878. The second kappa shape index (κ2) is 9.17. The number of nitrogen functional groups attached to an aromatic ring is 1. The van der Waals surface area contributed by atoms with Crippen molar-refractivity contribution in [2.45, 2.75) is 13.3 Å². The van der Waals surface area contributed by atoms with Crippen molar-refractivity contribution in [3.05, 3.63) is 65.2 Å². The first-order valence-electron chi connectivity index (χ1n) is 8.32. The largest absolute Gasteiger partial charge is 0.384 e. The van der Waals surface area contributed by atoms with Gasteiger partial charge >= 0.3 is 5.97 Å². The number of hydrazine groups is 1. The number of rotatable bonds is 6. The molecule has 0 fully saturated rings. The van der Waals surface area contributed by atoms with Gasteiger partial charge in [0.15, 0.2) is 5.75 Å². The summed E-state index contributed by atoms with van der Waals surface area (Å²) in [5.74, 6) is -1.30. The molecule has 0 aliphatic heterocycles. The molecule has 0 unspecified atom stereocenters. The van der Waals surface area contributed by atoms with E-state index in [1.54, 1.807) is 19.1 Å². The van der Waals surface area contributed by atoms with Crippen LogP contribution in [0, 0.1) is 5.41 Å². The maximum absolute atomic E-state index is 12.4. The minimum absolute atomic E-state index is 0.0995. The van der Waals surface area contributed by atoms with Crippen LogP contribution < -0.4 is 16.0 Å². The van der Waals surface area contributed by atoms with Crippen LogP contribution in [0.25, 0.3) is 0 Å². The topological polar surface area (TPSA) is 135 Å². The predicted molar refractivity (Wildman–Crippen MR) is 100 cm³/mol. The first kappa shape index (κ1) is 20.4. The molecular weight excluding hydrogens is 364 g/mol. The Morgan fingerprint density at radius 2 is 1.54 bits per heavy atom. The summed E-state index contributed by atoms with van der Waals surface area (Å²) in [7, 11) is 1.42. The van der Waals surface area contributed by atoms with Gasteiger partial charge in [-0.25, -0.2) is 4.79 Å². The number of amidine groups is 1. The minimum atomic E-state index is -0.515. The Balaban J connectivity index is 1.96. The van der Waals surface area contributed by atoms with E-state index in [9.17, 15) is 14.4 Å². The van der Waals surface area contributed by atoms with Crippen molar-refractivity contribution in [3.8, 4) is 5.75 Å². The molecule has 2 rings (SSSR count). The summed E-state index contributed by atoms with van der Waals surface area (Å²) in [4.78, 5) is 45.1. The quantitative estimate of drug-likeness (QED) is 0.300. The summed E-state index contributed by atoms with van der Waals surface area (Å²) in [6.07, 6.45) is 0.179. The van der Waals surface area contributed by atoms with Gasteiger partial charge in [0.1, 0.15) is 5.84 Å². The van der Waals surface area contributed by atoms with Crippen molar-refractivity contribution in [2.24, 2.45) is 5.73 Å². The highest BCUT2D eigenvalue weighted by atomic mass is 17.2. The second-order valence-electron chi connectivity index (χ2n) is 5.71. The molecule has 146 valence electrons. The molecule has 0 atom stereocenters. The number of hydrogen-bond donors (Lipinski definition) is 3. The number of nitrogens with two attached hydrogens (primary N) is 1. The van der Waals surface area contributed by atoms with E-state index in [-0.39, 0.29) is 23.6 Å². The molecule has 0 heterocycles. The minimum Gasteiger partial charge on any atom is -0.384 e. The zero-order valence-corrected chi connectivity index (χ0v) is 15.4. The molecule has 2 aromatic rings. The highest BCUT2D eigenvalue weighted by Crippen LogP contribution is 2.13. The molecule has 0 aromatic heterocycles. The van der Waals surface area contributed by atoms with E-state index in [1.165, 1.54) is 43.4 Å². The summed E-state index contributed by atoms with van der Waals surface area (Å²) < 4.78 is 0. The van der Waals surface area contributed by atoms with Gasteiger partial charge in [0.05, 0.1) is 0 Å². The fourth-order valence-corrected chi connectivity index (χ4v) is 2.07. The highest BCUT2D eigenvalue weighted by Gasteiger charge is 2.15. The van der Waals surface area contributed by atoms with Crippen molar-refractivity contribution in [1.82, 2.24) is 10.4 Å². The van der Waals surface area contributed by atoms with Crippen molar-refractivity contribution in [2.75, 3.05) is 7.05 Å². The number of benzene rings is 2. The third-order valence-corrected chi connectivity index (χ3v) is 3.65.